The van der Waals surface area contributed by atoms with E-state index in [1.165, 1.54) is 18.2 Å². The standard InChI is InChI=1S/C13H17FN2O3/c1-9(13(17)16-4-6-18-7-5-16)19-12-8-10(14)2-3-11(12)15/h2-3,8-9H,4-7,15H2,1H3. The van der Waals surface area contributed by atoms with Crippen LogP contribution in [0.4, 0.5) is 10.1 Å². The van der Waals surface area contributed by atoms with E-state index in [9.17, 15) is 9.18 Å². The molecule has 0 saturated carbocycles. The highest BCUT2D eigenvalue weighted by atomic mass is 19.1. The van der Waals surface area contributed by atoms with Crippen LogP contribution in [-0.4, -0.2) is 43.2 Å². The lowest BCUT2D eigenvalue weighted by molar-refractivity contribution is -0.142. The fourth-order valence-corrected chi connectivity index (χ4v) is 1.89. The number of ether oxygens (including phenoxy) is 2. The van der Waals surface area contributed by atoms with E-state index in [0.717, 1.165) is 0 Å². The Kier molecular flexibility index (Phi) is 4.21. The highest BCUT2D eigenvalue weighted by Gasteiger charge is 2.24. The first-order valence-electron chi connectivity index (χ1n) is 6.16. The Hall–Kier alpha value is -1.82. The van der Waals surface area contributed by atoms with Gasteiger partial charge < -0.3 is 20.1 Å². The van der Waals surface area contributed by atoms with Crippen LogP contribution in [-0.2, 0) is 9.53 Å². The van der Waals surface area contributed by atoms with Crippen molar-refractivity contribution in [1.29, 1.82) is 0 Å². The van der Waals surface area contributed by atoms with Crippen molar-refractivity contribution >= 4 is 11.6 Å². The molecule has 0 bridgehead atoms. The lowest BCUT2D eigenvalue weighted by Gasteiger charge is -2.29. The summed E-state index contributed by atoms with van der Waals surface area (Å²) in [6.45, 7) is 3.78. The third-order valence-corrected chi connectivity index (χ3v) is 2.95. The molecule has 1 atom stereocenters. The highest BCUT2D eigenvalue weighted by molar-refractivity contribution is 5.81. The minimum absolute atomic E-state index is 0.146. The van der Waals surface area contributed by atoms with Gasteiger partial charge in [-0.15, -0.1) is 0 Å². The molecule has 5 nitrogen and oxygen atoms in total. The molecule has 0 radical (unpaired) electrons. The maximum atomic E-state index is 13.1. The summed E-state index contributed by atoms with van der Waals surface area (Å²) in [5.41, 5.74) is 5.99. The lowest BCUT2D eigenvalue weighted by atomic mass is 10.2. The average Bonchev–Trinajstić information content (AvgIpc) is 2.43. The van der Waals surface area contributed by atoms with Gasteiger partial charge in [0, 0.05) is 19.2 Å². The molecule has 6 heteroatoms. The van der Waals surface area contributed by atoms with Crippen LogP contribution in [0, 0.1) is 5.82 Å². The number of hydrogen-bond donors (Lipinski definition) is 1. The number of nitrogens with zero attached hydrogens (tertiary/aromatic N) is 1. The number of carbonyl (C=O) groups excluding carboxylic acids is 1. The average molecular weight is 268 g/mol. The first kappa shape index (κ1) is 13.6. The Balaban J connectivity index is 2.01. The number of benzene rings is 1. The molecule has 1 unspecified atom stereocenters. The Labute approximate surface area is 111 Å². The van der Waals surface area contributed by atoms with E-state index >= 15 is 0 Å². The summed E-state index contributed by atoms with van der Waals surface area (Å²) >= 11 is 0. The second kappa shape index (κ2) is 5.88. The molecule has 1 aliphatic rings. The van der Waals surface area contributed by atoms with Crippen LogP contribution in [0.15, 0.2) is 18.2 Å². The Bertz CT molecular complexity index is 461. The maximum absolute atomic E-state index is 13.1. The summed E-state index contributed by atoms with van der Waals surface area (Å²) in [6.07, 6.45) is -0.706. The normalized spacial score (nSPS) is 17.1. The quantitative estimate of drug-likeness (QED) is 0.832. The molecule has 104 valence electrons. The Morgan fingerprint density at radius 1 is 1.47 bits per heavy atom. The lowest BCUT2D eigenvalue weighted by Crippen LogP contribution is -2.46. The minimum atomic E-state index is -0.706. The fraction of sp³-hybridized carbons (Fsp3) is 0.462. The molecule has 0 aliphatic carbocycles. The van der Waals surface area contributed by atoms with Gasteiger partial charge in [0.1, 0.15) is 11.6 Å². The number of rotatable bonds is 3. The first-order chi connectivity index (χ1) is 9.08. The molecule has 1 heterocycles. The largest absolute Gasteiger partial charge is 0.479 e. The first-order valence-corrected chi connectivity index (χ1v) is 6.16. The molecule has 2 N–H and O–H groups in total. The zero-order valence-corrected chi connectivity index (χ0v) is 10.8. The van der Waals surface area contributed by atoms with Crippen molar-refractivity contribution in [2.45, 2.75) is 13.0 Å². The van der Waals surface area contributed by atoms with Crippen LogP contribution in [0.5, 0.6) is 5.75 Å². The number of morpholine rings is 1. The van der Waals surface area contributed by atoms with Crippen molar-refractivity contribution in [3.05, 3.63) is 24.0 Å². The SMILES string of the molecule is CC(Oc1cc(F)ccc1N)C(=O)N1CCOCC1. The molecule has 0 spiro atoms. The van der Waals surface area contributed by atoms with E-state index in [1.807, 2.05) is 0 Å². The van der Waals surface area contributed by atoms with E-state index in [4.69, 9.17) is 15.2 Å². The molecule has 1 aliphatic heterocycles. The van der Waals surface area contributed by atoms with Crippen LogP contribution in [0.3, 0.4) is 0 Å². The van der Waals surface area contributed by atoms with Gasteiger partial charge in [0.15, 0.2) is 6.10 Å². The van der Waals surface area contributed by atoms with Crippen molar-refractivity contribution in [2.24, 2.45) is 0 Å². The van der Waals surface area contributed by atoms with Gasteiger partial charge in [0.05, 0.1) is 18.9 Å². The monoisotopic (exact) mass is 268 g/mol. The summed E-state index contributed by atoms with van der Waals surface area (Å²) < 4.78 is 23.7. The van der Waals surface area contributed by atoms with Gasteiger partial charge in [-0.05, 0) is 19.1 Å². The molecule has 19 heavy (non-hydrogen) atoms. The van der Waals surface area contributed by atoms with E-state index in [2.05, 4.69) is 0 Å². The smallest absolute Gasteiger partial charge is 0.263 e. The third-order valence-electron chi connectivity index (χ3n) is 2.95. The summed E-state index contributed by atoms with van der Waals surface area (Å²) in [5, 5.41) is 0. The fourth-order valence-electron chi connectivity index (χ4n) is 1.89. The number of halogens is 1. The molecular weight excluding hydrogens is 251 g/mol. The van der Waals surface area contributed by atoms with E-state index in [1.54, 1.807) is 11.8 Å². The van der Waals surface area contributed by atoms with Gasteiger partial charge in [-0.2, -0.15) is 0 Å². The van der Waals surface area contributed by atoms with Gasteiger partial charge in [0.2, 0.25) is 0 Å². The number of carbonyl (C=O) groups is 1. The molecule has 0 aromatic heterocycles. The van der Waals surface area contributed by atoms with Gasteiger partial charge in [-0.1, -0.05) is 0 Å². The van der Waals surface area contributed by atoms with Crippen LogP contribution in [0.25, 0.3) is 0 Å². The molecular formula is C13H17FN2O3. The minimum Gasteiger partial charge on any atom is -0.479 e. The predicted molar refractivity (Wildman–Crippen MR) is 68.3 cm³/mol. The second-order valence-corrected chi connectivity index (χ2v) is 4.38. The molecule has 1 amide bonds. The van der Waals surface area contributed by atoms with Gasteiger partial charge in [0.25, 0.3) is 5.91 Å². The van der Waals surface area contributed by atoms with Gasteiger partial charge in [-0.3, -0.25) is 4.79 Å². The van der Waals surface area contributed by atoms with Crippen molar-refractivity contribution in [1.82, 2.24) is 4.90 Å². The number of nitrogen functional groups attached to an aromatic ring is 1. The number of amides is 1. The van der Waals surface area contributed by atoms with Crippen molar-refractivity contribution in [3.8, 4) is 5.75 Å². The third kappa shape index (κ3) is 3.35. The summed E-state index contributed by atoms with van der Waals surface area (Å²) in [4.78, 5) is 13.8. The predicted octanol–water partition coefficient (Wildman–Crippen LogP) is 1.03. The van der Waals surface area contributed by atoms with E-state index < -0.39 is 11.9 Å². The van der Waals surface area contributed by atoms with Crippen LogP contribution >= 0.6 is 0 Å². The molecule has 1 aromatic rings. The Morgan fingerprint density at radius 2 is 2.16 bits per heavy atom. The molecule has 1 saturated heterocycles. The molecule has 1 aromatic carbocycles. The summed E-state index contributed by atoms with van der Waals surface area (Å²) in [6, 6.07) is 3.84. The topological polar surface area (TPSA) is 64.8 Å². The van der Waals surface area contributed by atoms with Crippen LogP contribution in [0.1, 0.15) is 6.92 Å². The summed E-state index contributed by atoms with van der Waals surface area (Å²) in [5.74, 6) is -0.406. The number of anilines is 1. The van der Waals surface area contributed by atoms with E-state index in [-0.39, 0.29) is 11.7 Å². The van der Waals surface area contributed by atoms with Gasteiger partial charge in [-0.25, -0.2) is 4.39 Å². The molecule has 2 rings (SSSR count). The van der Waals surface area contributed by atoms with E-state index in [0.29, 0.717) is 32.0 Å². The van der Waals surface area contributed by atoms with Crippen molar-refractivity contribution in [2.75, 3.05) is 32.0 Å². The second-order valence-electron chi connectivity index (χ2n) is 4.38. The molecule has 1 fully saturated rings. The number of nitrogens with two attached hydrogens (primary N) is 1. The summed E-state index contributed by atoms with van der Waals surface area (Å²) in [7, 11) is 0. The van der Waals surface area contributed by atoms with Crippen LogP contribution < -0.4 is 10.5 Å². The van der Waals surface area contributed by atoms with Gasteiger partial charge >= 0.3 is 0 Å². The zero-order chi connectivity index (χ0) is 13.8. The Morgan fingerprint density at radius 3 is 2.84 bits per heavy atom. The van der Waals surface area contributed by atoms with Crippen molar-refractivity contribution < 1.29 is 18.7 Å². The zero-order valence-electron chi connectivity index (χ0n) is 10.8. The highest BCUT2D eigenvalue weighted by Crippen LogP contribution is 2.23. The van der Waals surface area contributed by atoms with Crippen LogP contribution in [0.2, 0.25) is 0 Å². The van der Waals surface area contributed by atoms with Crippen molar-refractivity contribution in [3.63, 3.8) is 0 Å². The number of hydrogen-bond acceptors (Lipinski definition) is 4. The maximum Gasteiger partial charge on any atom is 0.263 e.